The summed E-state index contributed by atoms with van der Waals surface area (Å²) in [6, 6.07) is 5.04. The first kappa shape index (κ1) is 27.8. The highest BCUT2D eigenvalue weighted by Crippen LogP contribution is 2.37. The van der Waals surface area contributed by atoms with Crippen LogP contribution in [0.5, 0.6) is 0 Å². The van der Waals surface area contributed by atoms with Crippen molar-refractivity contribution >= 4 is 27.3 Å². The number of alkyl halides is 2. The Balaban J connectivity index is 2.32. The van der Waals surface area contributed by atoms with Crippen molar-refractivity contribution in [2.75, 3.05) is 13.1 Å². The highest BCUT2D eigenvalue weighted by atomic mass is 32.2. The summed E-state index contributed by atoms with van der Waals surface area (Å²) in [5.41, 5.74) is -5.78. The number of piperidine rings is 1. The fraction of sp³-hybridized carbons (Fsp3) is 0.682. The number of likely N-dealkylation sites (tertiary alicyclic amines) is 1. The number of amides is 1. The molecule has 1 aliphatic heterocycles. The summed E-state index contributed by atoms with van der Waals surface area (Å²) in [5, 5.41) is 0. The lowest BCUT2D eigenvalue weighted by molar-refractivity contribution is -0.00947. The topological polar surface area (TPSA) is 98.8 Å². The van der Waals surface area contributed by atoms with Crippen LogP contribution in [0.4, 0.5) is 13.6 Å². The zero-order chi connectivity index (χ0) is 25.2. The normalized spacial score (nSPS) is 20.1. The molecule has 0 saturated carbocycles. The van der Waals surface area contributed by atoms with E-state index in [2.05, 4.69) is 4.72 Å². The molecule has 1 N–H and O–H groups in total. The molecule has 0 aromatic heterocycles. The molecule has 3 unspecified atom stereocenters. The largest absolute Gasteiger partial charge is 0.598 e. The van der Waals surface area contributed by atoms with Crippen LogP contribution in [0.1, 0.15) is 54.4 Å². The van der Waals surface area contributed by atoms with E-state index in [1.165, 1.54) is 29.2 Å². The molecule has 1 amide bonds. The maximum absolute atomic E-state index is 16.2. The van der Waals surface area contributed by atoms with E-state index in [1.54, 1.807) is 47.6 Å². The summed E-state index contributed by atoms with van der Waals surface area (Å²) in [7, 11) is -4.58. The predicted octanol–water partition coefficient (Wildman–Crippen LogP) is 3.92. The van der Waals surface area contributed by atoms with Crippen LogP contribution in [0.25, 0.3) is 0 Å². The van der Waals surface area contributed by atoms with E-state index in [9.17, 15) is 17.8 Å². The van der Waals surface area contributed by atoms with Gasteiger partial charge in [-0.1, -0.05) is 18.2 Å². The first-order valence-electron chi connectivity index (χ1n) is 10.8. The fourth-order valence-electron chi connectivity index (χ4n) is 3.30. The Hall–Kier alpha value is -1.43. The van der Waals surface area contributed by atoms with Crippen LogP contribution in [-0.4, -0.2) is 64.6 Å². The van der Waals surface area contributed by atoms with E-state index >= 15 is 8.78 Å². The SMILES string of the molecule is CC(C)(C)OC(=O)N1CCC(F)(C(N[S+]([O-])C(C)(C)C)C(F)S(=O)(=O)c2ccccc2)CC1. The molecule has 1 saturated heterocycles. The van der Waals surface area contributed by atoms with E-state index in [4.69, 9.17) is 4.74 Å². The van der Waals surface area contributed by atoms with E-state index in [0.29, 0.717) is 0 Å². The van der Waals surface area contributed by atoms with E-state index in [1.807, 2.05) is 0 Å². The van der Waals surface area contributed by atoms with Gasteiger partial charge in [-0.05, 0) is 53.7 Å². The molecular formula is C22H34F2N2O5S2. The maximum atomic E-state index is 16.2. The van der Waals surface area contributed by atoms with Crippen LogP contribution in [-0.2, 0) is 25.9 Å². The molecule has 0 spiro atoms. The van der Waals surface area contributed by atoms with Crippen LogP contribution in [0.3, 0.4) is 0 Å². The summed E-state index contributed by atoms with van der Waals surface area (Å²) in [6.45, 7) is 9.77. The number of halogens is 2. The Morgan fingerprint density at radius 3 is 2.12 bits per heavy atom. The lowest BCUT2D eigenvalue weighted by atomic mass is 9.87. The summed E-state index contributed by atoms with van der Waals surface area (Å²) in [5.74, 6) is 0. The number of nitrogens with one attached hydrogen (secondary N) is 1. The minimum Gasteiger partial charge on any atom is -0.598 e. The molecule has 1 aliphatic rings. The zero-order valence-electron chi connectivity index (χ0n) is 19.9. The number of rotatable bonds is 6. The molecule has 1 aromatic rings. The standard InChI is InChI=1S/C22H34F2N2O5S2/c1-20(2,3)31-19(27)26-14-12-22(24,13-15-26)17(25-32(28)21(4,5)6)18(23)33(29,30)16-10-8-7-9-11-16/h7-11,17-18,25H,12-15H2,1-6H3. The molecule has 0 aliphatic carbocycles. The number of carbonyl (C=O) groups excluding carboxylic acids is 1. The number of benzene rings is 1. The van der Waals surface area contributed by atoms with Gasteiger partial charge in [-0.3, -0.25) is 0 Å². The van der Waals surface area contributed by atoms with Crippen molar-refractivity contribution in [1.29, 1.82) is 0 Å². The summed E-state index contributed by atoms with van der Waals surface area (Å²) in [6.07, 6.45) is -1.30. The molecule has 1 aromatic carbocycles. The average molecular weight is 509 g/mol. The molecule has 33 heavy (non-hydrogen) atoms. The quantitative estimate of drug-likeness (QED) is 0.585. The van der Waals surface area contributed by atoms with E-state index in [0.717, 1.165) is 0 Å². The first-order valence-corrected chi connectivity index (χ1v) is 13.4. The van der Waals surface area contributed by atoms with Gasteiger partial charge in [0.1, 0.15) is 22.1 Å². The Labute approximate surface area is 198 Å². The molecule has 0 radical (unpaired) electrons. The molecule has 2 rings (SSSR count). The van der Waals surface area contributed by atoms with Gasteiger partial charge in [-0.15, -0.1) is 4.72 Å². The van der Waals surface area contributed by atoms with Crippen LogP contribution >= 0.6 is 0 Å². The van der Waals surface area contributed by atoms with Gasteiger partial charge in [-0.2, -0.15) is 0 Å². The second-order valence-corrected chi connectivity index (χ2v) is 14.2. The first-order chi connectivity index (χ1) is 15.0. The number of nitrogens with zero attached hydrogens (tertiary/aromatic N) is 1. The van der Waals surface area contributed by atoms with Crippen LogP contribution in [0, 0.1) is 0 Å². The van der Waals surface area contributed by atoms with Gasteiger partial charge >= 0.3 is 6.09 Å². The summed E-state index contributed by atoms with van der Waals surface area (Å²) < 4.78 is 77.3. The second-order valence-electron chi connectivity index (χ2n) is 10.2. The van der Waals surface area contributed by atoms with Crippen LogP contribution in [0.2, 0.25) is 0 Å². The Morgan fingerprint density at radius 2 is 1.67 bits per heavy atom. The van der Waals surface area contributed by atoms with Gasteiger partial charge < -0.3 is 14.2 Å². The Bertz CT molecular complexity index is 909. The van der Waals surface area contributed by atoms with Gasteiger partial charge in [0.25, 0.3) is 0 Å². The minimum atomic E-state index is -4.58. The van der Waals surface area contributed by atoms with Crippen LogP contribution in [0.15, 0.2) is 35.2 Å². The number of hydrogen-bond acceptors (Lipinski definition) is 6. The third kappa shape index (κ3) is 7.03. The maximum Gasteiger partial charge on any atom is 0.410 e. The number of hydrogen-bond donors (Lipinski definition) is 1. The molecule has 188 valence electrons. The van der Waals surface area contributed by atoms with Gasteiger partial charge in [0.2, 0.25) is 15.3 Å². The summed E-state index contributed by atoms with van der Waals surface area (Å²) >= 11 is -1.94. The number of carbonyl (C=O) groups is 1. The van der Waals surface area contributed by atoms with Crippen molar-refractivity contribution in [3.8, 4) is 0 Å². The highest BCUT2D eigenvalue weighted by molar-refractivity contribution is 7.92. The molecule has 7 nitrogen and oxygen atoms in total. The second kappa shape index (κ2) is 10.1. The lowest BCUT2D eigenvalue weighted by Crippen LogP contribution is -2.62. The van der Waals surface area contributed by atoms with Crippen molar-refractivity contribution in [3.05, 3.63) is 30.3 Å². The minimum absolute atomic E-state index is 0.0934. The van der Waals surface area contributed by atoms with Gasteiger partial charge in [0.15, 0.2) is 0 Å². The van der Waals surface area contributed by atoms with E-state index in [-0.39, 0.29) is 30.8 Å². The van der Waals surface area contributed by atoms with Crippen molar-refractivity contribution in [3.63, 3.8) is 0 Å². The molecule has 3 atom stereocenters. The smallest absolute Gasteiger partial charge is 0.410 e. The van der Waals surface area contributed by atoms with Crippen molar-refractivity contribution in [2.45, 2.75) is 86.8 Å². The number of ether oxygens (including phenoxy) is 1. The highest BCUT2D eigenvalue weighted by Gasteiger charge is 2.54. The Kier molecular flexibility index (Phi) is 8.47. The van der Waals surface area contributed by atoms with Crippen molar-refractivity contribution in [2.24, 2.45) is 0 Å². The van der Waals surface area contributed by atoms with Gasteiger partial charge in [0, 0.05) is 37.3 Å². The average Bonchev–Trinajstić information content (AvgIpc) is 2.70. The molecule has 1 fully saturated rings. The zero-order valence-corrected chi connectivity index (χ0v) is 21.6. The molecule has 1 heterocycles. The van der Waals surface area contributed by atoms with Gasteiger partial charge in [-0.25, -0.2) is 22.0 Å². The van der Waals surface area contributed by atoms with E-state index < -0.39 is 54.9 Å². The molecular weight excluding hydrogens is 474 g/mol. The fourth-order valence-corrected chi connectivity index (χ4v) is 5.77. The molecule has 11 heteroatoms. The van der Waals surface area contributed by atoms with Crippen molar-refractivity contribution < 1.29 is 31.3 Å². The van der Waals surface area contributed by atoms with Crippen LogP contribution < -0.4 is 4.72 Å². The molecule has 0 bridgehead atoms. The van der Waals surface area contributed by atoms with Crippen molar-refractivity contribution in [1.82, 2.24) is 9.62 Å². The lowest BCUT2D eigenvalue weighted by Gasteiger charge is -2.42. The van der Waals surface area contributed by atoms with Gasteiger partial charge in [0.05, 0.1) is 4.90 Å². The third-order valence-corrected chi connectivity index (χ3v) is 8.60. The predicted molar refractivity (Wildman–Crippen MR) is 124 cm³/mol. The Morgan fingerprint density at radius 1 is 1.15 bits per heavy atom. The summed E-state index contributed by atoms with van der Waals surface area (Å²) in [4.78, 5) is 13.3. The monoisotopic (exact) mass is 508 g/mol. The third-order valence-electron chi connectivity index (χ3n) is 5.22. The number of sulfone groups is 1.